The normalized spacial score (nSPS) is 14.4. The van der Waals surface area contributed by atoms with Gasteiger partial charge in [0.25, 0.3) is 0 Å². The first-order chi connectivity index (χ1) is 13.2. The van der Waals surface area contributed by atoms with Crippen LogP contribution in [0.2, 0.25) is 5.02 Å². The molecule has 0 atom stereocenters. The van der Waals surface area contributed by atoms with Crippen LogP contribution < -0.4 is 10.2 Å². The van der Waals surface area contributed by atoms with Gasteiger partial charge < -0.3 is 10.2 Å². The van der Waals surface area contributed by atoms with Crippen LogP contribution in [0.15, 0.2) is 54.6 Å². The zero-order valence-corrected chi connectivity index (χ0v) is 16.2. The van der Waals surface area contributed by atoms with E-state index < -0.39 is 0 Å². The molecule has 27 heavy (non-hydrogen) atoms. The lowest BCUT2D eigenvalue weighted by Gasteiger charge is -2.31. The van der Waals surface area contributed by atoms with Crippen LogP contribution in [0, 0.1) is 6.92 Å². The summed E-state index contributed by atoms with van der Waals surface area (Å²) in [6, 6.07) is 18.3. The van der Waals surface area contributed by atoms with Gasteiger partial charge in [-0.2, -0.15) is 0 Å². The van der Waals surface area contributed by atoms with Crippen molar-refractivity contribution in [2.24, 2.45) is 0 Å². The Hall–Kier alpha value is -2.43. The van der Waals surface area contributed by atoms with Gasteiger partial charge in [-0.3, -0.25) is 0 Å². The fourth-order valence-corrected chi connectivity index (χ4v) is 3.58. The van der Waals surface area contributed by atoms with Crippen LogP contribution in [0.5, 0.6) is 0 Å². The molecule has 1 aliphatic heterocycles. The van der Waals surface area contributed by atoms with E-state index in [0.717, 1.165) is 60.5 Å². The number of nitrogens with zero attached hydrogens (tertiary/aromatic N) is 3. The predicted molar refractivity (Wildman–Crippen MR) is 112 cm³/mol. The molecule has 138 valence electrons. The molecule has 1 N–H and O–H groups in total. The number of hydrogen-bond donors (Lipinski definition) is 1. The van der Waals surface area contributed by atoms with Gasteiger partial charge in [0.15, 0.2) is 5.82 Å². The maximum Gasteiger partial charge on any atom is 0.161 e. The predicted octanol–water partition coefficient (Wildman–Crippen LogP) is 4.11. The number of benzene rings is 2. The Morgan fingerprint density at radius 1 is 0.963 bits per heavy atom. The number of aryl methyl sites for hydroxylation is 1. The molecule has 0 radical (unpaired) electrons. The Morgan fingerprint density at radius 3 is 2.37 bits per heavy atom. The number of rotatable bonds is 4. The average molecular weight is 379 g/mol. The first-order valence-electron chi connectivity index (χ1n) is 9.34. The van der Waals surface area contributed by atoms with Gasteiger partial charge >= 0.3 is 0 Å². The van der Waals surface area contributed by atoms with Crippen molar-refractivity contribution in [3.05, 3.63) is 76.4 Å². The Bertz CT molecular complexity index is 904. The third-order valence-corrected chi connectivity index (χ3v) is 5.19. The Kier molecular flexibility index (Phi) is 5.37. The minimum atomic E-state index is 0.721. The molecule has 2 heterocycles. The monoisotopic (exact) mass is 378 g/mol. The van der Waals surface area contributed by atoms with Gasteiger partial charge in [0.2, 0.25) is 0 Å². The fraction of sp³-hybridized carbons (Fsp3) is 0.273. The summed E-state index contributed by atoms with van der Waals surface area (Å²) >= 11 is 6.04. The van der Waals surface area contributed by atoms with E-state index in [4.69, 9.17) is 21.6 Å². The molecule has 1 aliphatic rings. The second-order valence-electron chi connectivity index (χ2n) is 6.84. The highest BCUT2D eigenvalue weighted by atomic mass is 35.5. The SMILES string of the molecule is Cc1nc(-c2ccc(Cl)cc2)nc(N2CCNCC2)c1Cc1ccccc1. The van der Waals surface area contributed by atoms with Gasteiger partial charge in [-0.05, 0) is 36.8 Å². The van der Waals surface area contributed by atoms with Gasteiger partial charge in [-0.15, -0.1) is 0 Å². The van der Waals surface area contributed by atoms with Crippen molar-refractivity contribution in [1.29, 1.82) is 0 Å². The third-order valence-electron chi connectivity index (χ3n) is 4.93. The molecule has 1 saturated heterocycles. The highest BCUT2D eigenvalue weighted by Crippen LogP contribution is 2.28. The lowest BCUT2D eigenvalue weighted by Crippen LogP contribution is -2.44. The van der Waals surface area contributed by atoms with E-state index in [1.165, 1.54) is 11.1 Å². The summed E-state index contributed by atoms with van der Waals surface area (Å²) in [4.78, 5) is 12.2. The molecule has 0 unspecified atom stereocenters. The summed E-state index contributed by atoms with van der Waals surface area (Å²) in [5, 5.41) is 4.14. The number of hydrogen-bond acceptors (Lipinski definition) is 4. The molecular formula is C22H23ClN4. The van der Waals surface area contributed by atoms with Crippen LogP contribution in [-0.2, 0) is 6.42 Å². The minimum absolute atomic E-state index is 0.721. The number of halogens is 1. The van der Waals surface area contributed by atoms with Crippen LogP contribution in [0.3, 0.4) is 0 Å². The fourth-order valence-electron chi connectivity index (χ4n) is 3.45. The van der Waals surface area contributed by atoms with Crippen molar-refractivity contribution in [3.8, 4) is 11.4 Å². The second kappa shape index (κ2) is 8.07. The molecule has 0 bridgehead atoms. The van der Waals surface area contributed by atoms with Gasteiger partial charge in [-0.1, -0.05) is 41.9 Å². The van der Waals surface area contributed by atoms with Crippen LogP contribution in [0.25, 0.3) is 11.4 Å². The molecule has 4 nitrogen and oxygen atoms in total. The van der Waals surface area contributed by atoms with Crippen LogP contribution in [-0.4, -0.2) is 36.1 Å². The summed E-state index contributed by atoms with van der Waals surface area (Å²) in [6.45, 7) is 5.95. The first kappa shape index (κ1) is 18.0. The summed E-state index contributed by atoms with van der Waals surface area (Å²) in [5.41, 5.74) is 4.51. The maximum absolute atomic E-state index is 6.04. The number of anilines is 1. The quantitative estimate of drug-likeness (QED) is 0.741. The van der Waals surface area contributed by atoms with Crippen LogP contribution in [0.4, 0.5) is 5.82 Å². The molecule has 1 aromatic heterocycles. The van der Waals surface area contributed by atoms with E-state index in [2.05, 4.69) is 41.4 Å². The standard InChI is InChI=1S/C22H23ClN4/c1-16-20(15-17-5-3-2-4-6-17)22(27-13-11-24-12-14-27)26-21(25-16)18-7-9-19(23)10-8-18/h2-10,24H,11-15H2,1H3. The Labute approximate surface area is 165 Å². The summed E-state index contributed by atoms with van der Waals surface area (Å²) in [7, 11) is 0. The minimum Gasteiger partial charge on any atom is -0.354 e. The van der Waals surface area contributed by atoms with Crippen molar-refractivity contribution >= 4 is 17.4 Å². The van der Waals surface area contributed by atoms with Crippen molar-refractivity contribution in [2.75, 3.05) is 31.1 Å². The number of piperazine rings is 1. The molecule has 3 aromatic rings. The zero-order valence-electron chi connectivity index (χ0n) is 15.5. The van der Waals surface area contributed by atoms with E-state index in [1.54, 1.807) is 0 Å². The van der Waals surface area contributed by atoms with Gasteiger partial charge in [0, 0.05) is 54.4 Å². The lowest BCUT2D eigenvalue weighted by molar-refractivity contribution is 0.583. The van der Waals surface area contributed by atoms with Gasteiger partial charge in [0.05, 0.1) is 0 Å². The Morgan fingerprint density at radius 2 is 1.67 bits per heavy atom. The molecule has 0 saturated carbocycles. The van der Waals surface area contributed by atoms with Crippen molar-refractivity contribution in [2.45, 2.75) is 13.3 Å². The highest BCUT2D eigenvalue weighted by Gasteiger charge is 2.20. The van der Waals surface area contributed by atoms with E-state index in [0.29, 0.717) is 0 Å². The van der Waals surface area contributed by atoms with Crippen LogP contribution in [0.1, 0.15) is 16.8 Å². The largest absolute Gasteiger partial charge is 0.354 e. The van der Waals surface area contributed by atoms with Crippen LogP contribution >= 0.6 is 11.6 Å². The van der Waals surface area contributed by atoms with Crippen molar-refractivity contribution in [1.82, 2.24) is 15.3 Å². The van der Waals surface area contributed by atoms with E-state index in [-0.39, 0.29) is 0 Å². The lowest BCUT2D eigenvalue weighted by atomic mass is 10.0. The van der Waals surface area contributed by atoms with E-state index in [9.17, 15) is 0 Å². The molecule has 1 fully saturated rings. The summed E-state index contributed by atoms with van der Waals surface area (Å²) in [6.07, 6.45) is 0.840. The van der Waals surface area contributed by atoms with Crippen molar-refractivity contribution in [3.63, 3.8) is 0 Å². The number of aromatic nitrogens is 2. The maximum atomic E-state index is 6.04. The average Bonchev–Trinajstić information content (AvgIpc) is 2.71. The Balaban J connectivity index is 1.78. The van der Waals surface area contributed by atoms with Gasteiger partial charge in [0.1, 0.15) is 5.82 Å². The molecule has 2 aromatic carbocycles. The molecule has 0 amide bonds. The molecule has 0 aliphatic carbocycles. The second-order valence-corrected chi connectivity index (χ2v) is 7.28. The smallest absolute Gasteiger partial charge is 0.161 e. The highest BCUT2D eigenvalue weighted by molar-refractivity contribution is 6.30. The summed E-state index contributed by atoms with van der Waals surface area (Å²) < 4.78 is 0. The van der Waals surface area contributed by atoms with E-state index in [1.807, 2.05) is 30.3 Å². The van der Waals surface area contributed by atoms with Crippen molar-refractivity contribution < 1.29 is 0 Å². The summed E-state index contributed by atoms with van der Waals surface area (Å²) in [5.74, 6) is 1.81. The molecular weight excluding hydrogens is 356 g/mol. The molecule has 5 heteroatoms. The number of nitrogens with one attached hydrogen (secondary N) is 1. The molecule has 4 rings (SSSR count). The third kappa shape index (κ3) is 4.12. The first-order valence-corrected chi connectivity index (χ1v) is 9.71. The van der Waals surface area contributed by atoms with Gasteiger partial charge in [-0.25, -0.2) is 9.97 Å². The zero-order chi connectivity index (χ0) is 18.6. The topological polar surface area (TPSA) is 41.1 Å². The van der Waals surface area contributed by atoms with E-state index >= 15 is 0 Å². The molecule has 0 spiro atoms.